The fourth-order valence-electron chi connectivity index (χ4n) is 1.49. The molecule has 1 aliphatic heterocycles. The zero-order chi connectivity index (χ0) is 11.5. The van der Waals surface area contributed by atoms with Crippen LogP contribution in [0.25, 0.3) is 0 Å². The lowest BCUT2D eigenvalue weighted by Gasteiger charge is -2.29. The molecule has 0 aliphatic carbocycles. The number of carbonyl (C=O) groups is 1. The number of carbonyl (C=O) groups excluding carboxylic acids is 1. The number of sulfonamides is 1. The topological polar surface area (TPSA) is 90.3 Å². The normalized spacial score (nSPS) is 22.5. The number of likely N-dealkylation sites (tertiary alicyclic amines) is 1. The summed E-state index contributed by atoms with van der Waals surface area (Å²) in [6.45, 7) is 0.365. The largest absolute Gasteiger partial charge is 0.344 e. The molecule has 1 saturated heterocycles. The van der Waals surface area contributed by atoms with Gasteiger partial charge in [0.25, 0.3) is 0 Å². The van der Waals surface area contributed by atoms with Gasteiger partial charge in [-0.05, 0) is 6.42 Å². The molecule has 0 saturated carbocycles. The molecule has 0 spiro atoms. The predicted molar refractivity (Wildman–Crippen MR) is 53.2 cm³/mol. The summed E-state index contributed by atoms with van der Waals surface area (Å²) in [6.07, 6.45) is 0.837. The number of hydrogen-bond acceptors (Lipinski definition) is 4. The Balaban J connectivity index is 2.55. The maximum atomic E-state index is 11.2. The number of likely N-dealkylation sites (N-methyl/N-ethyl adjacent to an activating group) is 1. The second kappa shape index (κ2) is 4.59. The summed E-state index contributed by atoms with van der Waals surface area (Å²) < 4.78 is 24.9. The van der Waals surface area contributed by atoms with Crippen LogP contribution < -0.4 is 4.72 Å². The van der Waals surface area contributed by atoms with Crippen molar-refractivity contribution in [2.75, 3.05) is 19.3 Å². The minimum Gasteiger partial charge on any atom is -0.344 e. The van der Waals surface area contributed by atoms with Crippen molar-refractivity contribution in [2.24, 2.45) is 0 Å². The molecule has 1 heterocycles. The van der Waals surface area contributed by atoms with E-state index in [4.69, 9.17) is 5.26 Å². The Bertz CT molecular complexity index is 384. The maximum absolute atomic E-state index is 11.2. The maximum Gasteiger partial charge on any atom is 0.225 e. The van der Waals surface area contributed by atoms with Crippen molar-refractivity contribution in [1.29, 1.82) is 5.26 Å². The van der Waals surface area contributed by atoms with Crippen molar-refractivity contribution < 1.29 is 13.2 Å². The molecule has 7 heteroatoms. The van der Waals surface area contributed by atoms with E-state index in [0.29, 0.717) is 19.4 Å². The number of piperidine rings is 1. The molecular formula is C8H13N3O3S. The van der Waals surface area contributed by atoms with Gasteiger partial charge in [0.15, 0.2) is 5.75 Å². The van der Waals surface area contributed by atoms with E-state index in [2.05, 4.69) is 4.72 Å². The molecular weight excluding hydrogens is 218 g/mol. The summed E-state index contributed by atoms with van der Waals surface area (Å²) in [4.78, 5) is 12.6. The Kier molecular flexibility index (Phi) is 3.66. The van der Waals surface area contributed by atoms with E-state index in [1.54, 1.807) is 13.1 Å². The van der Waals surface area contributed by atoms with Gasteiger partial charge in [0, 0.05) is 26.1 Å². The molecule has 0 aromatic heterocycles. The molecule has 15 heavy (non-hydrogen) atoms. The van der Waals surface area contributed by atoms with Crippen molar-refractivity contribution in [3.05, 3.63) is 0 Å². The average molecular weight is 231 g/mol. The summed E-state index contributed by atoms with van der Waals surface area (Å²) in [6, 6.07) is 1.31. The number of amides is 1. The van der Waals surface area contributed by atoms with Crippen LogP contribution >= 0.6 is 0 Å². The van der Waals surface area contributed by atoms with Crippen LogP contribution in [0.4, 0.5) is 0 Å². The molecule has 1 unspecified atom stereocenters. The van der Waals surface area contributed by atoms with Gasteiger partial charge < -0.3 is 4.90 Å². The van der Waals surface area contributed by atoms with Crippen molar-refractivity contribution >= 4 is 15.9 Å². The van der Waals surface area contributed by atoms with E-state index in [1.807, 2.05) is 0 Å². The smallest absolute Gasteiger partial charge is 0.225 e. The Hall–Kier alpha value is -1.13. The summed E-state index contributed by atoms with van der Waals surface area (Å²) in [5.74, 6) is -0.521. The number of rotatable bonds is 3. The number of hydrogen-bond donors (Lipinski definition) is 1. The Morgan fingerprint density at radius 2 is 2.33 bits per heavy atom. The second-order valence-corrected chi connectivity index (χ2v) is 5.30. The molecule has 1 rings (SSSR count). The fraction of sp³-hybridized carbons (Fsp3) is 0.750. The van der Waals surface area contributed by atoms with Crippen LogP contribution in [0, 0.1) is 11.3 Å². The third-order valence-corrected chi connectivity index (χ3v) is 3.43. The lowest BCUT2D eigenvalue weighted by molar-refractivity contribution is -0.132. The molecule has 1 atom stereocenters. The van der Waals surface area contributed by atoms with Gasteiger partial charge in [0.2, 0.25) is 15.9 Å². The van der Waals surface area contributed by atoms with Crippen molar-refractivity contribution in [3.63, 3.8) is 0 Å². The van der Waals surface area contributed by atoms with Crippen LogP contribution in [0.1, 0.15) is 12.8 Å². The van der Waals surface area contributed by atoms with Crippen LogP contribution in [0.3, 0.4) is 0 Å². The Morgan fingerprint density at radius 1 is 1.67 bits per heavy atom. The highest BCUT2D eigenvalue weighted by atomic mass is 32.2. The third kappa shape index (κ3) is 3.49. The first-order valence-electron chi connectivity index (χ1n) is 4.55. The van der Waals surface area contributed by atoms with Gasteiger partial charge in [-0.15, -0.1) is 0 Å². The van der Waals surface area contributed by atoms with Gasteiger partial charge >= 0.3 is 0 Å². The fourth-order valence-corrected chi connectivity index (χ4v) is 2.44. The van der Waals surface area contributed by atoms with Gasteiger partial charge in [0.05, 0.1) is 6.07 Å². The minimum absolute atomic E-state index is 0.0192. The molecule has 0 aromatic rings. The van der Waals surface area contributed by atoms with E-state index in [1.165, 1.54) is 4.90 Å². The van der Waals surface area contributed by atoms with Crippen molar-refractivity contribution in [1.82, 2.24) is 9.62 Å². The molecule has 84 valence electrons. The zero-order valence-corrected chi connectivity index (χ0v) is 9.25. The highest BCUT2D eigenvalue weighted by Gasteiger charge is 2.26. The van der Waals surface area contributed by atoms with Crippen LogP contribution in [0.2, 0.25) is 0 Å². The van der Waals surface area contributed by atoms with E-state index in [9.17, 15) is 13.2 Å². The summed E-state index contributed by atoms with van der Waals surface area (Å²) >= 11 is 0. The van der Waals surface area contributed by atoms with Crippen molar-refractivity contribution in [2.45, 2.75) is 18.9 Å². The Morgan fingerprint density at radius 3 is 2.87 bits per heavy atom. The summed E-state index contributed by atoms with van der Waals surface area (Å²) in [7, 11) is -1.89. The molecule has 1 fully saturated rings. The molecule has 1 N–H and O–H groups in total. The SMILES string of the molecule is CN1CC(NS(=O)(=O)CC#N)CCC1=O. The van der Waals surface area contributed by atoms with Crippen molar-refractivity contribution in [3.8, 4) is 6.07 Å². The monoisotopic (exact) mass is 231 g/mol. The first-order valence-corrected chi connectivity index (χ1v) is 6.21. The first kappa shape index (κ1) is 11.9. The van der Waals surface area contributed by atoms with E-state index >= 15 is 0 Å². The third-order valence-electron chi connectivity index (χ3n) is 2.23. The van der Waals surface area contributed by atoms with Gasteiger partial charge in [-0.2, -0.15) is 5.26 Å². The predicted octanol–water partition coefficient (Wildman–Crippen LogP) is -0.950. The first-order chi connectivity index (χ1) is 6.94. The summed E-state index contributed by atoms with van der Waals surface area (Å²) in [5, 5.41) is 8.29. The highest BCUT2D eigenvalue weighted by Crippen LogP contribution is 2.10. The number of nitrogens with zero attached hydrogens (tertiary/aromatic N) is 2. The van der Waals surface area contributed by atoms with Gasteiger partial charge in [-0.3, -0.25) is 4.79 Å². The molecule has 0 aromatic carbocycles. The Labute approximate surface area is 88.9 Å². The lowest BCUT2D eigenvalue weighted by atomic mass is 10.1. The van der Waals surface area contributed by atoms with Gasteiger partial charge in [-0.25, -0.2) is 13.1 Å². The molecule has 0 bridgehead atoms. The number of nitrogens with one attached hydrogen (secondary N) is 1. The number of nitriles is 1. The standard InChI is InChI=1S/C8H13N3O3S/c1-11-6-7(2-3-8(11)12)10-15(13,14)5-4-9/h7,10H,2-3,5-6H2,1H3. The minimum atomic E-state index is -3.52. The zero-order valence-electron chi connectivity index (χ0n) is 8.43. The van der Waals surface area contributed by atoms with E-state index in [0.717, 1.165) is 0 Å². The molecule has 1 amide bonds. The van der Waals surface area contributed by atoms with E-state index < -0.39 is 15.8 Å². The van der Waals surface area contributed by atoms with Gasteiger partial charge in [-0.1, -0.05) is 0 Å². The summed E-state index contributed by atoms with van der Waals surface area (Å²) in [5.41, 5.74) is 0. The van der Waals surface area contributed by atoms with Crippen LogP contribution in [0.5, 0.6) is 0 Å². The van der Waals surface area contributed by atoms with Gasteiger partial charge in [0.1, 0.15) is 0 Å². The van der Waals surface area contributed by atoms with Crippen LogP contribution in [-0.2, 0) is 14.8 Å². The molecule has 1 aliphatic rings. The highest BCUT2D eigenvalue weighted by molar-refractivity contribution is 7.89. The van der Waals surface area contributed by atoms with E-state index in [-0.39, 0.29) is 11.9 Å². The van der Waals surface area contributed by atoms with Crippen LogP contribution in [0.15, 0.2) is 0 Å². The van der Waals surface area contributed by atoms with Crippen LogP contribution in [-0.4, -0.2) is 44.6 Å². The lowest BCUT2D eigenvalue weighted by Crippen LogP contribution is -2.48. The average Bonchev–Trinajstić information content (AvgIpc) is 2.10. The second-order valence-electron chi connectivity index (χ2n) is 3.54. The molecule has 0 radical (unpaired) electrons. The quantitative estimate of drug-likeness (QED) is 0.678. The molecule has 6 nitrogen and oxygen atoms in total.